The first-order valence-electron chi connectivity index (χ1n) is 11.9. The van der Waals surface area contributed by atoms with E-state index in [2.05, 4.69) is 10.6 Å². The number of alkyl carbamates (subject to hydrolysis) is 1. The van der Waals surface area contributed by atoms with Crippen LogP contribution in [0.1, 0.15) is 40.5 Å². The lowest BCUT2D eigenvalue weighted by Crippen LogP contribution is -2.46. The highest BCUT2D eigenvalue weighted by molar-refractivity contribution is 5.85. The van der Waals surface area contributed by atoms with E-state index < -0.39 is 40.9 Å². The number of carbonyl (C=O) groups excluding carboxylic acids is 3. The number of hydrogen-bond acceptors (Lipinski definition) is 8. The minimum atomic E-state index is -0.818. The maximum absolute atomic E-state index is 13.8. The number of benzene rings is 2. The molecule has 202 valence electrons. The number of halogens is 1. The summed E-state index contributed by atoms with van der Waals surface area (Å²) in [6.07, 6.45) is 0.655. The highest BCUT2D eigenvalue weighted by atomic mass is 19.1. The largest absolute Gasteiger partial charge is 0.460 e. The molecule has 0 radical (unpaired) electrons. The van der Waals surface area contributed by atoms with Gasteiger partial charge < -0.3 is 29.3 Å². The zero-order valence-electron chi connectivity index (χ0n) is 21.5. The van der Waals surface area contributed by atoms with E-state index in [9.17, 15) is 23.6 Å². The molecule has 0 saturated carbocycles. The van der Waals surface area contributed by atoms with Gasteiger partial charge in [0, 0.05) is 19.0 Å². The van der Waals surface area contributed by atoms with Gasteiger partial charge in [-0.05, 0) is 58.4 Å². The Morgan fingerprint density at radius 3 is 2.53 bits per heavy atom. The summed E-state index contributed by atoms with van der Waals surface area (Å²) in [4.78, 5) is 48.8. The Kier molecular flexibility index (Phi) is 9.06. The topological polar surface area (TPSA) is 133 Å². The molecule has 0 saturated heterocycles. The van der Waals surface area contributed by atoms with Crippen molar-refractivity contribution < 1.29 is 37.4 Å². The third-order valence-corrected chi connectivity index (χ3v) is 4.99. The SMILES string of the molecule is CC(NC(=O)OC(C)(C)C)C(=O)NCCCC(=O)Oc1ccc2c(=O)c(Oc3ccccc3F)coc2c1. The molecule has 3 rings (SSSR count). The summed E-state index contributed by atoms with van der Waals surface area (Å²) >= 11 is 0. The van der Waals surface area contributed by atoms with Crippen LogP contribution in [0.25, 0.3) is 11.0 Å². The summed E-state index contributed by atoms with van der Waals surface area (Å²) in [6.45, 7) is 6.84. The molecule has 2 amide bonds. The summed E-state index contributed by atoms with van der Waals surface area (Å²) < 4.78 is 35.0. The third kappa shape index (κ3) is 8.05. The van der Waals surface area contributed by atoms with Crippen LogP contribution in [0, 0.1) is 5.82 Å². The molecule has 2 aromatic carbocycles. The van der Waals surface area contributed by atoms with E-state index in [1.807, 2.05) is 0 Å². The molecule has 0 aliphatic heterocycles. The monoisotopic (exact) mass is 528 g/mol. The lowest BCUT2D eigenvalue weighted by molar-refractivity contribution is -0.134. The zero-order chi connectivity index (χ0) is 27.9. The molecule has 11 heteroatoms. The van der Waals surface area contributed by atoms with Crippen molar-refractivity contribution in [3.63, 3.8) is 0 Å². The number of carbonyl (C=O) groups is 3. The van der Waals surface area contributed by atoms with Crippen molar-refractivity contribution in [2.45, 2.75) is 52.2 Å². The van der Waals surface area contributed by atoms with Crippen LogP contribution in [0.15, 0.2) is 57.9 Å². The van der Waals surface area contributed by atoms with E-state index in [4.69, 9.17) is 18.6 Å². The number of hydrogen-bond donors (Lipinski definition) is 2. The molecule has 0 aliphatic carbocycles. The second kappa shape index (κ2) is 12.2. The van der Waals surface area contributed by atoms with Crippen LogP contribution < -0.4 is 25.5 Å². The van der Waals surface area contributed by atoms with Crippen LogP contribution in [-0.2, 0) is 14.3 Å². The Bertz CT molecular complexity index is 1380. The van der Waals surface area contributed by atoms with Gasteiger partial charge in [0.2, 0.25) is 17.1 Å². The van der Waals surface area contributed by atoms with Crippen LogP contribution in [0.4, 0.5) is 9.18 Å². The minimum Gasteiger partial charge on any atom is -0.460 e. The summed E-state index contributed by atoms with van der Waals surface area (Å²) in [7, 11) is 0. The molecule has 10 nitrogen and oxygen atoms in total. The lowest BCUT2D eigenvalue weighted by atomic mass is 10.2. The molecule has 0 spiro atoms. The Hall–Kier alpha value is -4.41. The standard InChI is InChI=1S/C27H29FN2O8/c1-16(30-26(34)38-27(2,3)4)25(33)29-13-7-10-23(31)36-17-11-12-18-21(14-17)35-15-22(24(18)32)37-20-9-6-5-8-19(20)28/h5-6,8-9,11-12,14-16H,7,10,13H2,1-4H3,(H,29,33)(H,30,34). The van der Waals surface area contributed by atoms with Crippen molar-refractivity contribution in [1.29, 1.82) is 0 Å². The predicted octanol–water partition coefficient (Wildman–Crippen LogP) is 4.44. The third-order valence-electron chi connectivity index (χ3n) is 4.99. The van der Waals surface area contributed by atoms with Gasteiger partial charge in [0.1, 0.15) is 29.2 Å². The maximum atomic E-state index is 13.8. The molecule has 38 heavy (non-hydrogen) atoms. The number of ether oxygens (including phenoxy) is 3. The number of rotatable bonds is 9. The van der Waals surface area contributed by atoms with Gasteiger partial charge in [0.05, 0.1) is 5.39 Å². The van der Waals surface area contributed by atoms with Crippen molar-refractivity contribution in [3.05, 3.63) is 64.8 Å². The fraction of sp³-hybridized carbons (Fsp3) is 0.333. The molecule has 2 N–H and O–H groups in total. The normalized spacial score (nSPS) is 11.9. The Balaban J connectivity index is 1.48. The number of amides is 2. The zero-order valence-corrected chi connectivity index (χ0v) is 21.5. The molecular weight excluding hydrogens is 499 g/mol. The van der Waals surface area contributed by atoms with Crippen LogP contribution >= 0.6 is 0 Å². The molecule has 3 aromatic rings. The average Bonchev–Trinajstić information content (AvgIpc) is 2.83. The fourth-order valence-electron chi connectivity index (χ4n) is 3.20. The van der Waals surface area contributed by atoms with E-state index >= 15 is 0 Å². The Morgan fingerprint density at radius 2 is 1.82 bits per heavy atom. The second-order valence-electron chi connectivity index (χ2n) is 9.36. The van der Waals surface area contributed by atoms with Crippen molar-refractivity contribution in [3.8, 4) is 17.2 Å². The van der Waals surface area contributed by atoms with Crippen LogP contribution in [-0.4, -0.2) is 36.2 Å². The molecular formula is C27H29FN2O8. The Labute approximate surface area is 218 Å². The van der Waals surface area contributed by atoms with Gasteiger partial charge in [-0.2, -0.15) is 0 Å². The summed E-state index contributed by atoms with van der Waals surface area (Å²) in [5.74, 6) is -1.75. The number of esters is 1. The highest BCUT2D eigenvalue weighted by Gasteiger charge is 2.21. The molecule has 1 unspecified atom stereocenters. The van der Waals surface area contributed by atoms with Gasteiger partial charge in [-0.15, -0.1) is 0 Å². The average molecular weight is 529 g/mol. The highest BCUT2D eigenvalue weighted by Crippen LogP contribution is 2.25. The van der Waals surface area contributed by atoms with E-state index in [1.165, 1.54) is 43.3 Å². The molecule has 0 aliphatic rings. The first-order chi connectivity index (χ1) is 17.9. The Morgan fingerprint density at radius 1 is 1.08 bits per heavy atom. The van der Waals surface area contributed by atoms with E-state index in [0.717, 1.165) is 6.26 Å². The summed E-state index contributed by atoms with van der Waals surface area (Å²) in [5, 5.41) is 5.22. The van der Waals surface area contributed by atoms with E-state index in [-0.39, 0.29) is 41.2 Å². The molecule has 1 atom stereocenters. The lowest BCUT2D eigenvalue weighted by Gasteiger charge is -2.21. The molecule has 1 aromatic heterocycles. The molecule has 0 fully saturated rings. The van der Waals surface area contributed by atoms with Gasteiger partial charge >= 0.3 is 12.1 Å². The summed E-state index contributed by atoms with van der Waals surface area (Å²) in [6, 6.07) is 9.06. The fourth-order valence-corrected chi connectivity index (χ4v) is 3.20. The van der Waals surface area contributed by atoms with Crippen LogP contribution in [0.2, 0.25) is 0 Å². The van der Waals surface area contributed by atoms with Gasteiger partial charge in [-0.3, -0.25) is 14.4 Å². The number of nitrogens with one attached hydrogen (secondary N) is 2. The van der Waals surface area contributed by atoms with E-state index in [1.54, 1.807) is 26.8 Å². The first kappa shape index (κ1) is 28.2. The maximum Gasteiger partial charge on any atom is 0.408 e. The summed E-state index contributed by atoms with van der Waals surface area (Å²) in [5.41, 5.74) is -1.05. The van der Waals surface area contributed by atoms with Gasteiger partial charge in [-0.1, -0.05) is 12.1 Å². The van der Waals surface area contributed by atoms with Crippen LogP contribution in [0.3, 0.4) is 0 Å². The number of para-hydroxylation sites is 1. The minimum absolute atomic E-state index is 0.00551. The quantitative estimate of drug-likeness (QED) is 0.237. The van der Waals surface area contributed by atoms with Crippen molar-refractivity contribution in [2.24, 2.45) is 0 Å². The first-order valence-corrected chi connectivity index (χ1v) is 11.9. The second-order valence-corrected chi connectivity index (χ2v) is 9.36. The van der Waals surface area contributed by atoms with Crippen molar-refractivity contribution in [2.75, 3.05) is 6.54 Å². The van der Waals surface area contributed by atoms with Gasteiger partial charge in [0.25, 0.3) is 0 Å². The smallest absolute Gasteiger partial charge is 0.408 e. The van der Waals surface area contributed by atoms with Crippen molar-refractivity contribution >= 4 is 28.9 Å². The van der Waals surface area contributed by atoms with Gasteiger partial charge in [-0.25, -0.2) is 9.18 Å². The molecule has 0 bridgehead atoms. The van der Waals surface area contributed by atoms with Gasteiger partial charge in [0.15, 0.2) is 11.6 Å². The molecule has 1 heterocycles. The predicted molar refractivity (Wildman–Crippen MR) is 136 cm³/mol. The van der Waals surface area contributed by atoms with Crippen LogP contribution in [0.5, 0.6) is 17.2 Å². The van der Waals surface area contributed by atoms with Crippen molar-refractivity contribution in [1.82, 2.24) is 10.6 Å². The number of fused-ring (bicyclic) bond motifs is 1. The van der Waals surface area contributed by atoms with E-state index in [0.29, 0.717) is 6.42 Å².